The van der Waals surface area contributed by atoms with Gasteiger partial charge in [0.2, 0.25) is 6.29 Å². The molecule has 0 radical (unpaired) electrons. The molecule has 2 unspecified atom stereocenters. The minimum Gasteiger partial charge on any atom is -0.460 e. The van der Waals surface area contributed by atoms with Gasteiger partial charge < -0.3 is 9.47 Å². The van der Waals surface area contributed by atoms with Crippen molar-refractivity contribution in [2.75, 3.05) is 0 Å². The first-order chi connectivity index (χ1) is 11.5. The third kappa shape index (κ3) is 5.40. The number of hydrogen-bond acceptors (Lipinski definition) is 3. The lowest BCUT2D eigenvalue weighted by molar-refractivity contribution is -0.169. The van der Waals surface area contributed by atoms with Crippen LogP contribution in [0.2, 0.25) is 0 Å². The Balaban J connectivity index is 1.87. The van der Waals surface area contributed by atoms with E-state index in [1.54, 1.807) is 6.92 Å². The van der Waals surface area contributed by atoms with Gasteiger partial charge in [-0.05, 0) is 30.4 Å². The fourth-order valence-electron chi connectivity index (χ4n) is 3.23. The largest absolute Gasteiger partial charge is 0.460 e. The Morgan fingerprint density at radius 1 is 1.17 bits per heavy atom. The van der Waals surface area contributed by atoms with Crippen LogP contribution in [0.5, 0.6) is 0 Å². The Labute approximate surface area is 146 Å². The van der Waals surface area contributed by atoms with Crippen molar-refractivity contribution in [2.45, 2.75) is 71.5 Å². The van der Waals surface area contributed by atoms with Crippen molar-refractivity contribution in [1.29, 1.82) is 0 Å². The molecule has 1 aromatic carbocycles. The van der Waals surface area contributed by atoms with Crippen LogP contribution in [0.1, 0.15) is 69.9 Å². The van der Waals surface area contributed by atoms with Crippen LogP contribution in [-0.2, 0) is 20.7 Å². The SMILES string of the molecule is C=C(CC)OC(C)OC(=O)C(C)c1ccc(CC2CCCC2)cc1. The molecule has 3 nitrogen and oxygen atoms in total. The molecule has 0 spiro atoms. The highest BCUT2D eigenvalue weighted by Gasteiger charge is 2.20. The quantitative estimate of drug-likeness (QED) is 0.366. The topological polar surface area (TPSA) is 35.5 Å². The highest BCUT2D eigenvalue weighted by atomic mass is 16.7. The van der Waals surface area contributed by atoms with Crippen molar-refractivity contribution in [3.63, 3.8) is 0 Å². The molecule has 0 N–H and O–H groups in total. The summed E-state index contributed by atoms with van der Waals surface area (Å²) >= 11 is 0. The van der Waals surface area contributed by atoms with Crippen LogP contribution in [0.15, 0.2) is 36.6 Å². The predicted molar refractivity (Wildman–Crippen MR) is 96.6 cm³/mol. The van der Waals surface area contributed by atoms with Crippen LogP contribution < -0.4 is 0 Å². The van der Waals surface area contributed by atoms with Crippen LogP contribution in [0.3, 0.4) is 0 Å². The minimum atomic E-state index is -0.603. The Morgan fingerprint density at radius 3 is 2.38 bits per heavy atom. The molecule has 24 heavy (non-hydrogen) atoms. The maximum atomic E-state index is 12.3. The molecule has 1 fully saturated rings. The predicted octanol–water partition coefficient (Wildman–Crippen LogP) is 5.35. The number of esters is 1. The summed E-state index contributed by atoms with van der Waals surface area (Å²) in [5.74, 6) is 0.892. The molecule has 1 aromatic rings. The average Bonchev–Trinajstić information content (AvgIpc) is 3.07. The van der Waals surface area contributed by atoms with E-state index in [9.17, 15) is 4.79 Å². The van der Waals surface area contributed by atoms with E-state index in [0.717, 1.165) is 17.9 Å². The normalized spacial score (nSPS) is 17.3. The molecule has 3 heteroatoms. The lowest BCUT2D eigenvalue weighted by Crippen LogP contribution is -2.21. The van der Waals surface area contributed by atoms with E-state index in [1.807, 2.05) is 26.0 Å². The molecule has 1 saturated carbocycles. The highest BCUT2D eigenvalue weighted by molar-refractivity contribution is 5.77. The smallest absolute Gasteiger partial charge is 0.316 e. The Hall–Kier alpha value is -1.77. The molecule has 1 aliphatic rings. The van der Waals surface area contributed by atoms with E-state index in [-0.39, 0.29) is 11.9 Å². The second-order valence-electron chi connectivity index (χ2n) is 6.83. The van der Waals surface area contributed by atoms with Gasteiger partial charge in [-0.25, -0.2) is 0 Å². The van der Waals surface area contributed by atoms with Crippen LogP contribution in [0.25, 0.3) is 0 Å². The zero-order valence-electron chi connectivity index (χ0n) is 15.2. The summed E-state index contributed by atoms with van der Waals surface area (Å²) < 4.78 is 10.8. The number of hydrogen-bond donors (Lipinski definition) is 0. The Bertz CT molecular complexity index is 541. The Morgan fingerprint density at radius 2 is 1.79 bits per heavy atom. The molecule has 2 atom stereocenters. The van der Waals surface area contributed by atoms with Crippen molar-refractivity contribution >= 4 is 5.97 Å². The first-order valence-electron chi connectivity index (χ1n) is 9.13. The lowest BCUT2D eigenvalue weighted by Gasteiger charge is -2.19. The number of allylic oxidation sites excluding steroid dienone is 1. The van der Waals surface area contributed by atoms with Crippen LogP contribution >= 0.6 is 0 Å². The molecule has 0 aliphatic heterocycles. The van der Waals surface area contributed by atoms with Gasteiger partial charge in [0.05, 0.1) is 11.7 Å². The zero-order valence-corrected chi connectivity index (χ0v) is 15.2. The first-order valence-corrected chi connectivity index (χ1v) is 9.13. The summed E-state index contributed by atoms with van der Waals surface area (Å²) in [5.41, 5.74) is 2.35. The molecule has 0 bridgehead atoms. The van der Waals surface area contributed by atoms with Gasteiger partial charge >= 0.3 is 5.97 Å². The Kier molecular flexibility index (Phi) is 6.89. The standard InChI is InChI=1S/C21H30O3/c1-5-15(2)23-17(4)24-21(22)16(3)20-12-10-19(11-13-20)14-18-8-6-7-9-18/h10-13,16-18H,2,5-9,14H2,1,3-4H3. The summed E-state index contributed by atoms with van der Waals surface area (Å²) in [5, 5.41) is 0. The van der Waals surface area contributed by atoms with Gasteiger partial charge in [-0.3, -0.25) is 4.79 Å². The monoisotopic (exact) mass is 330 g/mol. The summed E-state index contributed by atoms with van der Waals surface area (Å²) in [7, 11) is 0. The van der Waals surface area contributed by atoms with Crippen molar-refractivity contribution in [2.24, 2.45) is 5.92 Å². The van der Waals surface area contributed by atoms with Gasteiger partial charge in [-0.2, -0.15) is 0 Å². The first kappa shape index (κ1) is 18.6. The van der Waals surface area contributed by atoms with Crippen LogP contribution in [0, 0.1) is 5.92 Å². The zero-order chi connectivity index (χ0) is 17.5. The molecule has 132 valence electrons. The van der Waals surface area contributed by atoms with Gasteiger partial charge in [0.15, 0.2) is 0 Å². The summed E-state index contributed by atoms with van der Waals surface area (Å²) in [6, 6.07) is 8.39. The van der Waals surface area contributed by atoms with Crippen molar-refractivity contribution in [3.05, 3.63) is 47.7 Å². The summed E-state index contributed by atoms with van der Waals surface area (Å²) in [6.07, 6.45) is 6.71. The van der Waals surface area contributed by atoms with Crippen molar-refractivity contribution < 1.29 is 14.3 Å². The third-order valence-electron chi connectivity index (χ3n) is 4.84. The summed E-state index contributed by atoms with van der Waals surface area (Å²) in [6.45, 7) is 9.30. The maximum absolute atomic E-state index is 12.3. The number of ether oxygens (including phenoxy) is 2. The van der Waals surface area contributed by atoms with Gasteiger partial charge in [0.25, 0.3) is 0 Å². The number of carbonyl (C=O) groups excluding carboxylic acids is 1. The minimum absolute atomic E-state index is 0.269. The van der Waals surface area contributed by atoms with Crippen LogP contribution in [0.4, 0.5) is 0 Å². The van der Waals surface area contributed by atoms with E-state index in [0.29, 0.717) is 12.2 Å². The van der Waals surface area contributed by atoms with Gasteiger partial charge in [-0.1, -0.05) is 63.5 Å². The number of benzene rings is 1. The molecular formula is C21H30O3. The van der Waals surface area contributed by atoms with E-state index in [4.69, 9.17) is 9.47 Å². The van der Waals surface area contributed by atoms with E-state index < -0.39 is 6.29 Å². The van der Waals surface area contributed by atoms with Crippen molar-refractivity contribution in [3.8, 4) is 0 Å². The fourth-order valence-corrected chi connectivity index (χ4v) is 3.23. The summed E-state index contributed by atoms with van der Waals surface area (Å²) in [4.78, 5) is 12.3. The van der Waals surface area contributed by atoms with E-state index in [1.165, 1.54) is 31.2 Å². The van der Waals surface area contributed by atoms with Gasteiger partial charge in [0, 0.05) is 13.3 Å². The van der Waals surface area contributed by atoms with E-state index >= 15 is 0 Å². The third-order valence-corrected chi connectivity index (χ3v) is 4.84. The second kappa shape index (κ2) is 8.91. The molecule has 1 aliphatic carbocycles. The van der Waals surface area contributed by atoms with Gasteiger partial charge in [-0.15, -0.1) is 0 Å². The number of carbonyl (C=O) groups is 1. The maximum Gasteiger partial charge on any atom is 0.316 e. The molecule has 2 rings (SSSR count). The lowest BCUT2D eigenvalue weighted by atomic mass is 9.95. The number of rotatable bonds is 8. The molecular weight excluding hydrogens is 300 g/mol. The van der Waals surface area contributed by atoms with Gasteiger partial charge in [0.1, 0.15) is 0 Å². The second-order valence-corrected chi connectivity index (χ2v) is 6.83. The van der Waals surface area contributed by atoms with Crippen LogP contribution in [-0.4, -0.2) is 12.3 Å². The fraction of sp³-hybridized carbons (Fsp3) is 0.571. The molecule has 0 heterocycles. The highest BCUT2D eigenvalue weighted by Crippen LogP contribution is 2.28. The van der Waals surface area contributed by atoms with E-state index in [2.05, 4.69) is 18.7 Å². The average molecular weight is 330 g/mol. The molecule has 0 amide bonds. The van der Waals surface area contributed by atoms with Crippen molar-refractivity contribution in [1.82, 2.24) is 0 Å². The molecule has 0 aromatic heterocycles. The molecule has 0 saturated heterocycles.